The monoisotopic (exact) mass is 442 g/mol. The number of hydrogen-bond acceptors (Lipinski definition) is 3. The molecule has 0 fully saturated rings. The van der Waals surface area contributed by atoms with Crippen LogP contribution in [0.1, 0.15) is 42.0 Å². The summed E-state index contributed by atoms with van der Waals surface area (Å²) in [5, 5.41) is 3.20. The summed E-state index contributed by atoms with van der Waals surface area (Å²) in [5.41, 5.74) is 5.23. The molecule has 1 N–H and O–H groups in total. The van der Waals surface area contributed by atoms with Gasteiger partial charge in [0.05, 0.1) is 5.57 Å². The summed E-state index contributed by atoms with van der Waals surface area (Å²) in [4.78, 5) is 28.0. The zero-order valence-electron chi connectivity index (χ0n) is 19.1. The summed E-state index contributed by atoms with van der Waals surface area (Å²) in [6.07, 6.45) is 0.454. The molecular weight excluding hydrogens is 415 g/mol. The smallest absolute Gasteiger partial charge is 0.278 e. The van der Waals surface area contributed by atoms with E-state index in [1.54, 1.807) is 12.1 Å². The number of carbonyl (C=O) groups excluding carboxylic acids is 2. The number of rotatable bonds is 7. The van der Waals surface area contributed by atoms with Gasteiger partial charge in [-0.3, -0.25) is 14.5 Å². The fourth-order valence-electron chi connectivity index (χ4n) is 3.87. The predicted octanol–water partition coefficient (Wildman–Crippen LogP) is 5.69. The number of halogens is 1. The highest BCUT2D eigenvalue weighted by Crippen LogP contribution is 2.31. The van der Waals surface area contributed by atoms with Crippen molar-refractivity contribution in [2.45, 2.75) is 33.1 Å². The van der Waals surface area contributed by atoms with Crippen molar-refractivity contribution in [3.05, 3.63) is 107 Å². The van der Waals surface area contributed by atoms with Crippen molar-refractivity contribution < 1.29 is 14.0 Å². The van der Waals surface area contributed by atoms with Crippen LogP contribution >= 0.6 is 0 Å². The molecule has 3 aromatic rings. The van der Waals surface area contributed by atoms with Crippen molar-refractivity contribution in [1.29, 1.82) is 0 Å². The van der Waals surface area contributed by atoms with Crippen LogP contribution in [-0.2, 0) is 16.0 Å². The Kier molecular flexibility index (Phi) is 6.40. The Morgan fingerprint density at radius 1 is 0.848 bits per heavy atom. The van der Waals surface area contributed by atoms with Gasteiger partial charge in [-0.25, -0.2) is 4.39 Å². The molecule has 0 aromatic heterocycles. The maximum Gasteiger partial charge on any atom is 0.278 e. The molecule has 0 atom stereocenters. The van der Waals surface area contributed by atoms with E-state index in [4.69, 9.17) is 0 Å². The standard InChI is InChI=1S/C28H27FN2O2/c1-18(2)21-10-14-24(15-11-21)30-26-25(22-8-4-19(3)5-9-22)27(32)31(28(26)33)17-16-20-6-12-23(29)13-7-20/h4-15,18,30H,16-17H2,1-3H3. The molecule has 0 saturated heterocycles. The average molecular weight is 443 g/mol. The molecule has 4 nitrogen and oxygen atoms in total. The Bertz CT molecular complexity index is 1190. The molecule has 0 saturated carbocycles. The van der Waals surface area contributed by atoms with Gasteiger partial charge in [0.2, 0.25) is 0 Å². The third-order valence-electron chi connectivity index (χ3n) is 5.89. The third-order valence-corrected chi connectivity index (χ3v) is 5.89. The lowest BCUT2D eigenvalue weighted by Crippen LogP contribution is -2.34. The molecule has 0 radical (unpaired) electrons. The average Bonchev–Trinajstić information content (AvgIpc) is 3.03. The molecular formula is C28H27FN2O2. The van der Waals surface area contributed by atoms with Crippen LogP contribution in [0.25, 0.3) is 5.57 Å². The van der Waals surface area contributed by atoms with Crippen LogP contribution < -0.4 is 5.32 Å². The van der Waals surface area contributed by atoms with Gasteiger partial charge in [-0.2, -0.15) is 0 Å². The third kappa shape index (κ3) is 4.87. The molecule has 3 aromatic carbocycles. The minimum Gasteiger partial charge on any atom is -0.350 e. The van der Waals surface area contributed by atoms with E-state index in [1.807, 2.05) is 55.5 Å². The molecule has 2 amide bonds. The number of hydrogen-bond donors (Lipinski definition) is 1. The second kappa shape index (κ2) is 9.41. The van der Waals surface area contributed by atoms with E-state index in [0.717, 1.165) is 16.8 Å². The van der Waals surface area contributed by atoms with Crippen LogP contribution in [0, 0.1) is 12.7 Å². The van der Waals surface area contributed by atoms with Crippen molar-refractivity contribution in [1.82, 2.24) is 4.90 Å². The number of anilines is 1. The van der Waals surface area contributed by atoms with Crippen molar-refractivity contribution in [3.8, 4) is 0 Å². The minimum absolute atomic E-state index is 0.218. The summed E-state index contributed by atoms with van der Waals surface area (Å²) in [5.74, 6) is -0.596. The first-order chi connectivity index (χ1) is 15.8. The molecule has 0 bridgehead atoms. The molecule has 168 valence electrons. The van der Waals surface area contributed by atoms with Gasteiger partial charge < -0.3 is 5.32 Å². The quantitative estimate of drug-likeness (QED) is 0.478. The van der Waals surface area contributed by atoms with Crippen LogP contribution in [0.3, 0.4) is 0 Å². The molecule has 1 aliphatic heterocycles. The lowest BCUT2D eigenvalue weighted by Gasteiger charge is -2.15. The SMILES string of the molecule is Cc1ccc(C2=C(Nc3ccc(C(C)C)cc3)C(=O)N(CCc3ccc(F)cc3)C2=O)cc1. The fourth-order valence-corrected chi connectivity index (χ4v) is 3.87. The zero-order chi connectivity index (χ0) is 23.5. The van der Waals surface area contributed by atoms with E-state index in [0.29, 0.717) is 23.5 Å². The summed E-state index contributed by atoms with van der Waals surface area (Å²) in [7, 11) is 0. The topological polar surface area (TPSA) is 49.4 Å². The Morgan fingerprint density at radius 3 is 2.09 bits per heavy atom. The summed E-state index contributed by atoms with van der Waals surface area (Å²) in [6, 6.07) is 21.6. The first-order valence-electron chi connectivity index (χ1n) is 11.1. The molecule has 1 aliphatic rings. The van der Waals surface area contributed by atoms with Gasteiger partial charge in [0.15, 0.2) is 0 Å². The fraction of sp³-hybridized carbons (Fsp3) is 0.214. The number of nitrogens with zero attached hydrogens (tertiary/aromatic N) is 1. The number of amides is 2. The minimum atomic E-state index is -0.356. The highest BCUT2D eigenvalue weighted by Gasteiger charge is 2.38. The number of carbonyl (C=O) groups is 2. The van der Waals surface area contributed by atoms with Crippen molar-refractivity contribution >= 4 is 23.1 Å². The predicted molar refractivity (Wildman–Crippen MR) is 129 cm³/mol. The van der Waals surface area contributed by atoms with Crippen LogP contribution in [-0.4, -0.2) is 23.3 Å². The summed E-state index contributed by atoms with van der Waals surface area (Å²) >= 11 is 0. The number of benzene rings is 3. The molecule has 0 aliphatic carbocycles. The normalized spacial score (nSPS) is 13.9. The lowest BCUT2D eigenvalue weighted by molar-refractivity contribution is -0.136. The Labute approximate surface area is 193 Å². The van der Waals surface area contributed by atoms with E-state index in [2.05, 4.69) is 19.2 Å². The summed E-state index contributed by atoms with van der Waals surface area (Å²) < 4.78 is 13.2. The lowest BCUT2D eigenvalue weighted by atomic mass is 10.0. The van der Waals surface area contributed by atoms with Gasteiger partial charge in [-0.15, -0.1) is 0 Å². The second-order valence-electron chi connectivity index (χ2n) is 8.66. The number of nitrogens with one attached hydrogen (secondary N) is 1. The molecule has 0 unspecified atom stereocenters. The van der Waals surface area contributed by atoms with Gasteiger partial charge >= 0.3 is 0 Å². The number of imide groups is 1. The van der Waals surface area contributed by atoms with Gasteiger partial charge in [0.1, 0.15) is 11.5 Å². The van der Waals surface area contributed by atoms with Gasteiger partial charge in [0, 0.05) is 12.2 Å². The largest absolute Gasteiger partial charge is 0.350 e. The Morgan fingerprint density at radius 2 is 1.48 bits per heavy atom. The van der Waals surface area contributed by atoms with Crippen molar-refractivity contribution in [2.24, 2.45) is 0 Å². The van der Waals surface area contributed by atoms with E-state index in [-0.39, 0.29) is 29.9 Å². The van der Waals surface area contributed by atoms with Gasteiger partial charge in [-0.05, 0) is 60.2 Å². The molecule has 4 rings (SSSR count). The number of aryl methyl sites for hydroxylation is 1. The van der Waals surface area contributed by atoms with Crippen LogP contribution in [0.5, 0.6) is 0 Å². The Balaban J connectivity index is 1.63. The van der Waals surface area contributed by atoms with Gasteiger partial charge in [-0.1, -0.05) is 67.9 Å². The molecule has 1 heterocycles. The van der Waals surface area contributed by atoms with Crippen LogP contribution in [0.2, 0.25) is 0 Å². The second-order valence-corrected chi connectivity index (χ2v) is 8.66. The van der Waals surface area contributed by atoms with Crippen LogP contribution in [0.4, 0.5) is 10.1 Å². The zero-order valence-corrected chi connectivity index (χ0v) is 19.1. The van der Waals surface area contributed by atoms with E-state index in [1.165, 1.54) is 22.6 Å². The Hall–Kier alpha value is -3.73. The van der Waals surface area contributed by atoms with Gasteiger partial charge in [0.25, 0.3) is 11.8 Å². The first-order valence-corrected chi connectivity index (χ1v) is 11.1. The molecule has 5 heteroatoms. The maximum absolute atomic E-state index is 13.4. The molecule has 33 heavy (non-hydrogen) atoms. The highest BCUT2D eigenvalue weighted by atomic mass is 19.1. The van der Waals surface area contributed by atoms with Crippen LogP contribution in [0.15, 0.2) is 78.5 Å². The summed E-state index contributed by atoms with van der Waals surface area (Å²) in [6.45, 7) is 6.44. The van der Waals surface area contributed by atoms with Crippen molar-refractivity contribution in [3.63, 3.8) is 0 Å². The van der Waals surface area contributed by atoms with E-state index >= 15 is 0 Å². The van der Waals surface area contributed by atoms with Crippen molar-refractivity contribution in [2.75, 3.05) is 11.9 Å². The maximum atomic E-state index is 13.4. The van der Waals surface area contributed by atoms with E-state index < -0.39 is 0 Å². The first kappa shape index (κ1) is 22.5. The molecule has 0 spiro atoms. The highest BCUT2D eigenvalue weighted by molar-refractivity contribution is 6.36. The van der Waals surface area contributed by atoms with E-state index in [9.17, 15) is 14.0 Å².